The Kier molecular flexibility index (Phi) is 6.20. The molecule has 0 saturated carbocycles. The van der Waals surface area contributed by atoms with E-state index in [0.717, 1.165) is 11.3 Å². The van der Waals surface area contributed by atoms with E-state index in [1.54, 1.807) is 42.7 Å². The molecule has 1 aliphatic heterocycles. The number of nitrogens with zero attached hydrogens (tertiary/aromatic N) is 3. The van der Waals surface area contributed by atoms with Crippen LogP contribution in [-0.4, -0.2) is 36.3 Å². The van der Waals surface area contributed by atoms with Crippen molar-refractivity contribution < 1.29 is 14.6 Å². The van der Waals surface area contributed by atoms with Crippen LogP contribution in [0, 0.1) is 0 Å². The first-order valence-corrected chi connectivity index (χ1v) is 11.4. The summed E-state index contributed by atoms with van der Waals surface area (Å²) in [4.78, 5) is 33.5. The molecule has 170 valence electrons. The van der Waals surface area contributed by atoms with Gasteiger partial charge in [0.25, 0.3) is 5.56 Å². The Morgan fingerprint density at radius 3 is 2.61 bits per heavy atom. The van der Waals surface area contributed by atoms with Crippen molar-refractivity contribution in [2.24, 2.45) is 4.99 Å². The number of esters is 1. The summed E-state index contributed by atoms with van der Waals surface area (Å²) >= 11 is 1.25. The second-order valence-corrected chi connectivity index (χ2v) is 8.89. The molecular weight excluding hydrogens is 438 g/mol. The average molecular weight is 464 g/mol. The van der Waals surface area contributed by atoms with Crippen LogP contribution in [0.4, 0.5) is 5.69 Å². The summed E-state index contributed by atoms with van der Waals surface area (Å²) in [5.41, 5.74) is 3.13. The number of carbonyl (C=O) groups excluding carboxylic acids is 1. The van der Waals surface area contributed by atoms with E-state index in [0.29, 0.717) is 26.2 Å². The van der Waals surface area contributed by atoms with Crippen molar-refractivity contribution >= 4 is 29.1 Å². The quantitative estimate of drug-likeness (QED) is 0.588. The SMILES string of the molecule is CCOC(=O)C1=C(C)N=c2s/c(=C/c3cccc(O)c3)c(=O)n2[C@H]1c1ccc(N(C)C)cc1. The van der Waals surface area contributed by atoms with E-state index in [-0.39, 0.29) is 17.9 Å². The molecule has 0 aliphatic carbocycles. The Morgan fingerprint density at radius 2 is 1.97 bits per heavy atom. The highest BCUT2D eigenvalue weighted by Crippen LogP contribution is 2.31. The Hall–Kier alpha value is -3.65. The van der Waals surface area contributed by atoms with Crippen molar-refractivity contribution in [3.05, 3.63) is 90.6 Å². The molecule has 8 heteroatoms. The minimum absolute atomic E-state index is 0.121. The van der Waals surface area contributed by atoms with Gasteiger partial charge in [-0.15, -0.1) is 0 Å². The number of carbonyl (C=O) groups is 1. The molecule has 1 N–H and O–H groups in total. The largest absolute Gasteiger partial charge is 0.508 e. The second-order valence-electron chi connectivity index (χ2n) is 7.88. The summed E-state index contributed by atoms with van der Waals surface area (Å²) in [6.45, 7) is 3.74. The lowest BCUT2D eigenvalue weighted by molar-refractivity contribution is -0.139. The molecule has 33 heavy (non-hydrogen) atoms. The number of allylic oxidation sites excluding steroid dienone is 1. The number of rotatable bonds is 5. The molecule has 0 unspecified atom stereocenters. The fourth-order valence-corrected chi connectivity index (χ4v) is 4.87. The van der Waals surface area contributed by atoms with E-state index in [1.165, 1.54) is 11.3 Å². The maximum atomic E-state index is 13.5. The maximum absolute atomic E-state index is 13.5. The average Bonchev–Trinajstić information content (AvgIpc) is 3.07. The van der Waals surface area contributed by atoms with Gasteiger partial charge in [0.05, 0.1) is 28.5 Å². The summed E-state index contributed by atoms with van der Waals surface area (Å²) in [6, 6.07) is 13.8. The van der Waals surface area contributed by atoms with Crippen LogP contribution in [0.5, 0.6) is 5.75 Å². The number of hydrogen-bond acceptors (Lipinski definition) is 7. The van der Waals surface area contributed by atoms with E-state index >= 15 is 0 Å². The first kappa shape index (κ1) is 22.5. The van der Waals surface area contributed by atoms with Gasteiger partial charge in [-0.25, -0.2) is 9.79 Å². The molecule has 1 aromatic heterocycles. The monoisotopic (exact) mass is 463 g/mol. The molecule has 1 aliphatic rings. The van der Waals surface area contributed by atoms with Crippen molar-refractivity contribution in [1.82, 2.24) is 4.57 Å². The number of aromatic nitrogens is 1. The van der Waals surface area contributed by atoms with E-state index in [9.17, 15) is 14.7 Å². The lowest BCUT2D eigenvalue weighted by Gasteiger charge is -2.25. The zero-order valence-corrected chi connectivity index (χ0v) is 19.7. The number of anilines is 1. The Bertz CT molecular complexity index is 1420. The molecular formula is C25H25N3O4S. The highest BCUT2D eigenvalue weighted by atomic mass is 32.1. The van der Waals surface area contributed by atoms with Gasteiger partial charge in [-0.1, -0.05) is 35.6 Å². The highest BCUT2D eigenvalue weighted by molar-refractivity contribution is 7.07. The van der Waals surface area contributed by atoms with Gasteiger partial charge in [-0.05, 0) is 55.3 Å². The number of fused-ring (bicyclic) bond motifs is 1. The van der Waals surface area contributed by atoms with Crippen LogP contribution in [0.25, 0.3) is 6.08 Å². The molecule has 1 atom stereocenters. The number of thiazole rings is 1. The highest BCUT2D eigenvalue weighted by Gasteiger charge is 2.33. The summed E-state index contributed by atoms with van der Waals surface area (Å²) < 4.78 is 7.35. The van der Waals surface area contributed by atoms with Crippen LogP contribution in [0.3, 0.4) is 0 Å². The Morgan fingerprint density at radius 1 is 1.24 bits per heavy atom. The van der Waals surface area contributed by atoms with Crippen LogP contribution < -0.4 is 19.8 Å². The first-order chi connectivity index (χ1) is 15.8. The van der Waals surface area contributed by atoms with E-state index < -0.39 is 12.0 Å². The predicted molar refractivity (Wildman–Crippen MR) is 129 cm³/mol. The minimum atomic E-state index is -0.650. The molecule has 0 radical (unpaired) electrons. The molecule has 2 heterocycles. The molecule has 2 aromatic carbocycles. The number of hydrogen-bond donors (Lipinski definition) is 1. The topological polar surface area (TPSA) is 84.1 Å². The summed E-state index contributed by atoms with van der Waals surface area (Å²) in [5, 5.41) is 9.78. The van der Waals surface area contributed by atoms with Gasteiger partial charge in [0, 0.05) is 19.8 Å². The van der Waals surface area contributed by atoms with Crippen LogP contribution >= 0.6 is 11.3 Å². The van der Waals surface area contributed by atoms with Gasteiger partial charge >= 0.3 is 5.97 Å². The fraction of sp³-hybridized carbons (Fsp3) is 0.240. The molecule has 0 bridgehead atoms. The molecule has 4 rings (SSSR count). The minimum Gasteiger partial charge on any atom is -0.508 e. The van der Waals surface area contributed by atoms with Crippen molar-refractivity contribution in [3.63, 3.8) is 0 Å². The number of ether oxygens (including phenoxy) is 1. The van der Waals surface area contributed by atoms with Crippen LogP contribution in [0.1, 0.15) is 31.0 Å². The maximum Gasteiger partial charge on any atom is 0.338 e. The van der Waals surface area contributed by atoms with Crippen LogP contribution in [0.15, 0.2) is 69.6 Å². The third-order valence-electron chi connectivity index (χ3n) is 5.41. The molecule has 0 amide bonds. The summed E-state index contributed by atoms with van der Waals surface area (Å²) in [6.07, 6.45) is 1.72. The van der Waals surface area contributed by atoms with Gasteiger partial charge in [-0.3, -0.25) is 9.36 Å². The van der Waals surface area contributed by atoms with Gasteiger partial charge < -0.3 is 14.7 Å². The predicted octanol–water partition coefficient (Wildman–Crippen LogP) is 2.57. The van der Waals surface area contributed by atoms with Gasteiger partial charge in [-0.2, -0.15) is 0 Å². The zero-order chi connectivity index (χ0) is 23.7. The first-order valence-electron chi connectivity index (χ1n) is 10.6. The van der Waals surface area contributed by atoms with Crippen LogP contribution in [0.2, 0.25) is 0 Å². The number of benzene rings is 2. The van der Waals surface area contributed by atoms with Crippen LogP contribution in [-0.2, 0) is 9.53 Å². The van der Waals surface area contributed by atoms with Crippen molar-refractivity contribution in [2.45, 2.75) is 19.9 Å². The van der Waals surface area contributed by atoms with E-state index in [2.05, 4.69) is 4.99 Å². The lowest BCUT2D eigenvalue weighted by Crippen LogP contribution is -2.39. The smallest absolute Gasteiger partial charge is 0.338 e. The van der Waals surface area contributed by atoms with Crippen molar-refractivity contribution in [1.29, 1.82) is 0 Å². The van der Waals surface area contributed by atoms with Gasteiger partial charge in [0.15, 0.2) is 4.80 Å². The van der Waals surface area contributed by atoms with Crippen molar-refractivity contribution in [2.75, 3.05) is 25.6 Å². The lowest BCUT2D eigenvalue weighted by atomic mass is 9.95. The van der Waals surface area contributed by atoms with Gasteiger partial charge in [0.2, 0.25) is 0 Å². The third kappa shape index (κ3) is 4.34. The number of phenols is 1. The summed E-state index contributed by atoms with van der Waals surface area (Å²) in [7, 11) is 3.90. The molecule has 0 spiro atoms. The fourth-order valence-electron chi connectivity index (χ4n) is 3.83. The third-order valence-corrected chi connectivity index (χ3v) is 6.39. The summed E-state index contributed by atoms with van der Waals surface area (Å²) in [5.74, 6) is -0.362. The normalized spacial score (nSPS) is 15.8. The molecule has 0 saturated heterocycles. The molecule has 7 nitrogen and oxygen atoms in total. The molecule has 0 fully saturated rings. The van der Waals surface area contributed by atoms with E-state index in [1.807, 2.05) is 49.3 Å². The van der Waals surface area contributed by atoms with E-state index in [4.69, 9.17) is 4.74 Å². The number of aromatic hydroxyl groups is 1. The zero-order valence-electron chi connectivity index (χ0n) is 18.9. The Labute approximate surface area is 195 Å². The second kappa shape index (κ2) is 9.07. The Balaban J connectivity index is 1.94. The number of phenolic OH excluding ortho intramolecular Hbond substituents is 1. The standard InChI is InChI=1S/C25H25N3O4S/c1-5-32-24(31)21-15(2)26-25-28(22(21)17-9-11-18(12-10-17)27(3)4)23(30)20(33-25)14-16-7-6-8-19(29)13-16/h6-14,22,29H,5H2,1-4H3/b20-14+/t22-/m0/s1. The molecule has 3 aromatic rings. The van der Waals surface area contributed by atoms with Crippen molar-refractivity contribution in [3.8, 4) is 5.75 Å². The van der Waals surface area contributed by atoms with Gasteiger partial charge in [0.1, 0.15) is 5.75 Å².